The third-order valence-electron chi connectivity index (χ3n) is 4.40. The second kappa shape index (κ2) is 6.64. The molecule has 3 heterocycles. The number of benzene rings is 1. The zero-order valence-corrected chi connectivity index (χ0v) is 15.0. The first kappa shape index (κ1) is 16.9. The molecule has 8 heteroatoms. The monoisotopic (exact) mass is 362 g/mol. The lowest BCUT2D eigenvalue weighted by Crippen LogP contribution is -2.31. The van der Waals surface area contributed by atoms with Crippen LogP contribution in [-0.4, -0.2) is 36.6 Å². The molecule has 0 aliphatic heterocycles. The summed E-state index contributed by atoms with van der Waals surface area (Å²) in [5.41, 5.74) is 3.46. The van der Waals surface area contributed by atoms with Crippen LogP contribution in [0.15, 0.2) is 47.7 Å². The lowest BCUT2D eigenvalue weighted by atomic mass is 10.1. The summed E-state index contributed by atoms with van der Waals surface area (Å²) in [5.74, 6) is -0.336. The molecule has 1 aromatic carbocycles. The third-order valence-corrected chi connectivity index (χ3v) is 4.40. The van der Waals surface area contributed by atoms with Crippen LogP contribution in [0.4, 0.5) is 0 Å². The molecule has 0 unspecified atom stereocenters. The van der Waals surface area contributed by atoms with E-state index in [1.807, 2.05) is 38.1 Å². The highest BCUT2D eigenvalue weighted by Gasteiger charge is 2.13. The fourth-order valence-electron chi connectivity index (χ4n) is 3.08. The van der Waals surface area contributed by atoms with Crippen molar-refractivity contribution < 1.29 is 4.79 Å². The van der Waals surface area contributed by atoms with Crippen molar-refractivity contribution in [1.29, 1.82) is 0 Å². The number of nitrogens with zero attached hydrogens (tertiary/aromatic N) is 5. The van der Waals surface area contributed by atoms with Crippen LogP contribution in [0.3, 0.4) is 0 Å². The lowest BCUT2D eigenvalue weighted by Gasteiger charge is -2.04. The topological polar surface area (TPSA) is 94.2 Å². The van der Waals surface area contributed by atoms with Gasteiger partial charge in [0.25, 0.3) is 5.91 Å². The maximum atomic E-state index is 12.9. The summed E-state index contributed by atoms with van der Waals surface area (Å²) in [6.07, 6.45) is 4.35. The number of nitrogens with one attached hydrogen (secondary N) is 1. The van der Waals surface area contributed by atoms with E-state index in [1.54, 1.807) is 4.40 Å². The molecule has 1 amide bonds. The van der Waals surface area contributed by atoms with Crippen LogP contribution in [0.1, 0.15) is 21.6 Å². The van der Waals surface area contributed by atoms with Gasteiger partial charge in [-0.05, 0) is 42.5 Å². The van der Waals surface area contributed by atoms with Gasteiger partial charge in [0.2, 0.25) is 0 Å². The number of carbonyl (C=O) groups is 1. The molecule has 0 saturated carbocycles. The Morgan fingerprint density at radius 3 is 2.81 bits per heavy atom. The number of hydrogen-bond donors (Lipinski definition) is 1. The minimum atomic E-state index is -0.336. The van der Waals surface area contributed by atoms with Gasteiger partial charge in [-0.1, -0.05) is 12.1 Å². The maximum Gasteiger partial charge on any atom is 0.350 e. The van der Waals surface area contributed by atoms with Crippen molar-refractivity contribution in [1.82, 2.24) is 29.5 Å². The summed E-state index contributed by atoms with van der Waals surface area (Å²) < 4.78 is 3.00. The highest BCUT2D eigenvalue weighted by Crippen LogP contribution is 2.19. The number of amides is 1. The molecule has 27 heavy (non-hydrogen) atoms. The minimum absolute atomic E-state index is 0.224. The van der Waals surface area contributed by atoms with Crippen LogP contribution in [0, 0.1) is 13.8 Å². The van der Waals surface area contributed by atoms with Crippen molar-refractivity contribution >= 4 is 22.5 Å². The molecule has 3 aromatic heterocycles. The van der Waals surface area contributed by atoms with Gasteiger partial charge in [-0.2, -0.15) is 0 Å². The normalized spacial score (nSPS) is 11.2. The van der Waals surface area contributed by atoms with Crippen LogP contribution in [0.2, 0.25) is 0 Å². The first-order valence-corrected chi connectivity index (χ1v) is 8.58. The van der Waals surface area contributed by atoms with Crippen LogP contribution in [0.25, 0.3) is 16.6 Å². The number of hydrogen-bond acceptors (Lipinski definition) is 5. The summed E-state index contributed by atoms with van der Waals surface area (Å²) in [5, 5.41) is 8.17. The molecule has 0 aliphatic rings. The Morgan fingerprint density at radius 1 is 1.19 bits per heavy atom. The van der Waals surface area contributed by atoms with Crippen molar-refractivity contribution in [2.24, 2.45) is 0 Å². The summed E-state index contributed by atoms with van der Waals surface area (Å²) in [6, 6.07) is 8.02. The van der Waals surface area contributed by atoms with E-state index >= 15 is 0 Å². The zero-order chi connectivity index (χ0) is 19.0. The minimum Gasteiger partial charge on any atom is -0.349 e. The van der Waals surface area contributed by atoms with Gasteiger partial charge in [-0.25, -0.2) is 18.9 Å². The SMILES string of the molecule is Cc1ccc2cc(C)c3nn(CCNC(=O)c4cnccn4)c(=O)n3c2c1. The van der Waals surface area contributed by atoms with Crippen LogP contribution < -0.4 is 11.0 Å². The van der Waals surface area contributed by atoms with Crippen molar-refractivity contribution in [2.75, 3.05) is 6.54 Å². The van der Waals surface area contributed by atoms with Gasteiger partial charge >= 0.3 is 5.69 Å². The molecule has 4 aromatic rings. The molecular weight excluding hydrogens is 344 g/mol. The molecule has 0 bridgehead atoms. The van der Waals surface area contributed by atoms with Gasteiger partial charge in [0.05, 0.1) is 18.3 Å². The van der Waals surface area contributed by atoms with E-state index in [2.05, 4.69) is 20.4 Å². The number of carbonyl (C=O) groups excluding carboxylic acids is 1. The van der Waals surface area contributed by atoms with Gasteiger partial charge in [0.15, 0.2) is 5.65 Å². The van der Waals surface area contributed by atoms with E-state index in [9.17, 15) is 9.59 Å². The van der Waals surface area contributed by atoms with Gasteiger partial charge in [-0.15, -0.1) is 5.10 Å². The fraction of sp³-hybridized carbons (Fsp3) is 0.211. The summed E-state index contributed by atoms with van der Waals surface area (Å²) >= 11 is 0. The van der Waals surface area contributed by atoms with Gasteiger partial charge in [-0.3, -0.25) is 9.78 Å². The molecule has 136 valence electrons. The van der Waals surface area contributed by atoms with Gasteiger partial charge < -0.3 is 5.32 Å². The average Bonchev–Trinajstić information content (AvgIpc) is 3.01. The van der Waals surface area contributed by atoms with Crippen LogP contribution in [0.5, 0.6) is 0 Å². The quantitative estimate of drug-likeness (QED) is 0.593. The van der Waals surface area contributed by atoms with E-state index in [0.29, 0.717) is 5.65 Å². The van der Waals surface area contributed by atoms with Crippen LogP contribution in [-0.2, 0) is 6.54 Å². The first-order chi connectivity index (χ1) is 13.0. The molecule has 4 rings (SSSR count). The number of aryl methyl sites for hydroxylation is 2. The average molecular weight is 362 g/mol. The van der Waals surface area contributed by atoms with Crippen molar-refractivity contribution in [3.05, 3.63) is 70.2 Å². The molecule has 0 fully saturated rings. The number of aromatic nitrogens is 5. The molecular formula is C19H18N6O2. The van der Waals surface area contributed by atoms with Crippen molar-refractivity contribution in [3.63, 3.8) is 0 Å². The molecule has 1 N–H and O–H groups in total. The predicted molar refractivity (Wildman–Crippen MR) is 101 cm³/mol. The number of fused-ring (bicyclic) bond motifs is 3. The standard InChI is InChI=1S/C19H18N6O2/c1-12-3-4-14-10-13(2)17-23-24(19(27)25(17)16(14)9-12)8-7-22-18(26)15-11-20-5-6-21-15/h3-6,9-11H,7-8H2,1-2H3,(H,22,26). The first-order valence-electron chi connectivity index (χ1n) is 8.58. The Hall–Kier alpha value is -3.55. The predicted octanol–water partition coefficient (Wildman–Crippen LogP) is 1.49. The molecule has 0 radical (unpaired) electrons. The van der Waals surface area contributed by atoms with E-state index in [0.717, 1.165) is 22.0 Å². The smallest absolute Gasteiger partial charge is 0.349 e. The summed E-state index contributed by atoms with van der Waals surface area (Å²) in [4.78, 5) is 32.7. The van der Waals surface area contributed by atoms with Gasteiger partial charge in [0, 0.05) is 18.9 Å². The molecule has 0 spiro atoms. The second-order valence-electron chi connectivity index (χ2n) is 6.40. The maximum absolute atomic E-state index is 12.9. The van der Waals surface area contributed by atoms with E-state index in [-0.39, 0.29) is 30.4 Å². The largest absolute Gasteiger partial charge is 0.350 e. The summed E-state index contributed by atoms with van der Waals surface area (Å²) in [6.45, 7) is 4.44. The Morgan fingerprint density at radius 2 is 2.04 bits per heavy atom. The third kappa shape index (κ3) is 3.05. The van der Waals surface area contributed by atoms with Crippen molar-refractivity contribution in [3.8, 4) is 0 Å². The summed E-state index contributed by atoms with van der Waals surface area (Å²) in [7, 11) is 0. The number of rotatable bonds is 4. The molecule has 0 saturated heterocycles. The highest BCUT2D eigenvalue weighted by molar-refractivity contribution is 5.91. The van der Waals surface area contributed by atoms with E-state index in [4.69, 9.17) is 0 Å². The zero-order valence-electron chi connectivity index (χ0n) is 15.0. The molecule has 0 aliphatic carbocycles. The molecule has 0 atom stereocenters. The molecule has 8 nitrogen and oxygen atoms in total. The van der Waals surface area contributed by atoms with Crippen molar-refractivity contribution in [2.45, 2.75) is 20.4 Å². The van der Waals surface area contributed by atoms with Gasteiger partial charge in [0.1, 0.15) is 5.69 Å². The second-order valence-corrected chi connectivity index (χ2v) is 6.40. The van der Waals surface area contributed by atoms with E-state index in [1.165, 1.54) is 23.3 Å². The number of pyridine rings is 1. The van der Waals surface area contributed by atoms with Crippen LogP contribution >= 0.6 is 0 Å². The highest BCUT2D eigenvalue weighted by atomic mass is 16.2. The Bertz CT molecular complexity index is 1210. The lowest BCUT2D eigenvalue weighted by molar-refractivity contribution is 0.0946. The Labute approximate surface area is 154 Å². The Kier molecular flexibility index (Phi) is 4.15. The Balaban J connectivity index is 1.63. The van der Waals surface area contributed by atoms with E-state index < -0.39 is 0 Å². The fourth-order valence-corrected chi connectivity index (χ4v) is 3.08.